The van der Waals surface area contributed by atoms with Gasteiger partial charge in [-0.15, -0.1) is 10.2 Å². The van der Waals surface area contributed by atoms with E-state index in [4.69, 9.17) is 9.90 Å². The molecule has 3 heterocycles. The van der Waals surface area contributed by atoms with E-state index in [9.17, 15) is 18.0 Å². The molecular weight excluding hydrogens is 453 g/mol. The number of aromatic nitrogens is 5. The Morgan fingerprint density at radius 3 is 2.35 bits per heavy atom. The Bertz CT molecular complexity index is 1340. The van der Waals surface area contributed by atoms with Gasteiger partial charge in [-0.05, 0) is 56.7 Å². The van der Waals surface area contributed by atoms with Gasteiger partial charge in [0, 0.05) is 35.9 Å². The second-order valence-corrected chi connectivity index (χ2v) is 7.57. The number of benzene rings is 1. The van der Waals surface area contributed by atoms with Gasteiger partial charge in [-0.1, -0.05) is 0 Å². The van der Waals surface area contributed by atoms with Gasteiger partial charge in [-0.3, -0.25) is 9.78 Å². The Morgan fingerprint density at radius 1 is 1.12 bits per heavy atom. The van der Waals surface area contributed by atoms with Crippen molar-refractivity contribution in [2.24, 2.45) is 0 Å². The number of hydrogen-bond acceptors (Lipinski definition) is 6. The fourth-order valence-electron chi connectivity index (χ4n) is 3.32. The number of halogens is 3. The number of aryl methyl sites for hydroxylation is 1. The van der Waals surface area contributed by atoms with Gasteiger partial charge in [0.1, 0.15) is 5.82 Å². The van der Waals surface area contributed by atoms with Crippen LogP contribution in [0.15, 0.2) is 42.7 Å². The van der Waals surface area contributed by atoms with E-state index in [-0.39, 0.29) is 11.9 Å². The lowest BCUT2D eigenvalue weighted by atomic mass is 10.1. The lowest BCUT2D eigenvalue weighted by molar-refractivity contribution is -0.192. The minimum atomic E-state index is -5.08. The van der Waals surface area contributed by atoms with Gasteiger partial charge < -0.3 is 15.0 Å². The van der Waals surface area contributed by atoms with Crippen LogP contribution in [-0.4, -0.2) is 47.9 Å². The number of pyridine rings is 1. The molecule has 0 unspecified atom stereocenters. The van der Waals surface area contributed by atoms with Gasteiger partial charge in [0.15, 0.2) is 0 Å². The maximum atomic E-state index is 12.6. The molecule has 0 radical (unpaired) electrons. The number of aliphatic carboxylic acids is 1. The number of carboxylic acids is 1. The largest absolute Gasteiger partial charge is 0.490 e. The molecule has 0 aliphatic heterocycles. The molecule has 0 bridgehead atoms. The van der Waals surface area contributed by atoms with Crippen LogP contribution in [-0.2, 0) is 11.3 Å². The molecule has 2 N–H and O–H groups in total. The van der Waals surface area contributed by atoms with Crippen LogP contribution in [0.1, 0.15) is 41.6 Å². The molecule has 4 aromatic rings. The molecule has 0 saturated carbocycles. The van der Waals surface area contributed by atoms with Crippen molar-refractivity contribution < 1.29 is 27.9 Å². The van der Waals surface area contributed by atoms with Gasteiger partial charge >= 0.3 is 12.1 Å². The molecule has 0 atom stereocenters. The summed E-state index contributed by atoms with van der Waals surface area (Å²) in [5.74, 6) is -2.01. The van der Waals surface area contributed by atoms with Crippen LogP contribution in [0, 0.1) is 6.92 Å². The van der Waals surface area contributed by atoms with E-state index in [2.05, 4.69) is 43.9 Å². The summed E-state index contributed by atoms with van der Waals surface area (Å²) in [4.78, 5) is 30.0. The van der Waals surface area contributed by atoms with E-state index in [1.807, 2.05) is 31.2 Å². The van der Waals surface area contributed by atoms with Crippen LogP contribution < -0.4 is 5.32 Å². The number of carbonyl (C=O) groups excluding carboxylic acids is 1. The summed E-state index contributed by atoms with van der Waals surface area (Å²) in [6, 6.07) is 9.46. The highest BCUT2D eigenvalue weighted by molar-refractivity contribution is 6.05. The second kappa shape index (κ2) is 9.81. The lowest BCUT2D eigenvalue weighted by Crippen LogP contribution is -2.22. The number of imidazole rings is 1. The lowest BCUT2D eigenvalue weighted by Gasteiger charge is -2.12. The number of amides is 1. The third kappa shape index (κ3) is 5.45. The van der Waals surface area contributed by atoms with Crippen molar-refractivity contribution in [3.63, 3.8) is 0 Å². The molecule has 1 amide bonds. The van der Waals surface area contributed by atoms with E-state index in [0.29, 0.717) is 17.8 Å². The molecule has 178 valence electrons. The van der Waals surface area contributed by atoms with Crippen molar-refractivity contribution in [1.29, 1.82) is 0 Å². The van der Waals surface area contributed by atoms with Crippen LogP contribution in [0.5, 0.6) is 0 Å². The Kier molecular flexibility index (Phi) is 7.08. The monoisotopic (exact) mass is 474 g/mol. The van der Waals surface area contributed by atoms with E-state index in [1.165, 1.54) is 0 Å². The van der Waals surface area contributed by atoms with Crippen LogP contribution in [0.3, 0.4) is 0 Å². The zero-order valence-corrected chi connectivity index (χ0v) is 18.5. The van der Waals surface area contributed by atoms with Crippen LogP contribution >= 0.6 is 0 Å². The van der Waals surface area contributed by atoms with E-state index < -0.39 is 12.1 Å². The van der Waals surface area contributed by atoms with Crippen LogP contribution in [0.2, 0.25) is 0 Å². The quantitative estimate of drug-likeness (QED) is 0.461. The standard InChI is InChI=1S/C20H20N6O.C2HF3O2/c1-12(2)26-13(3)23-19-18(26)16-10-15(4-5-17(16)24-25-19)20(27)22-11-14-6-8-21-9-7-14;3-2(4,5)1(6)7/h4-10,12H,11H2,1-3H3,(H,22,27);(H,6,7). The van der Waals surface area contributed by atoms with Gasteiger partial charge in [-0.2, -0.15) is 13.2 Å². The first-order valence-corrected chi connectivity index (χ1v) is 10.1. The second-order valence-electron chi connectivity index (χ2n) is 7.57. The fraction of sp³-hybridized carbons (Fsp3) is 0.273. The van der Waals surface area contributed by atoms with Gasteiger partial charge in [0.05, 0.1) is 11.0 Å². The third-order valence-corrected chi connectivity index (χ3v) is 4.80. The fourth-order valence-corrected chi connectivity index (χ4v) is 3.32. The maximum Gasteiger partial charge on any atom is 0.490 e. The Balaban J connectivity index is 0.000000406. The minimum absolute atomic E-state index is 0.133. The average Bonchev–Trinajstić information content (AvgIpc) is 3.14. The van der Waals surface area contributed by atoms with Crippen molar-refractivity contribution in [1.82, 2.24) is 30.0 Å². The summed E-state index contributed by atoms with van der Waals surface area (Å²) in [7, 11) is 0. The molecule has 1 aromatic carbocycles. The Morgan fingerprint density at radius 2 is 1.76 bits per heavy atom. The summed E-state index contributed by atoms with van der Waals surface area (Å²) < 4.78 is 33.9. The molecule has 34 heavy (non-hydrogen) atoms. The zero-order chi connectivity index (χ0) is 25.0. The highest BCUT2D eigenvalue weighted by Crippen LogP contribution is 2.27. The molecule has 9 nitrogen and oxygen atoms in total. The number of alkyl halides is 3. The Labute approximate surface area is 191 Å². The van der Waals surface area contributed by atoms with E-state index in [0.717, 1.165) is 27.8 Å². The predicted octanol–water partition coefficient (Wildman–Crippen LogP) is 3.83. The van der Waals surface area contributed by atoms with Crippen molar-refractivity contribution >= 4 is 33.9 Å². The van der Waals surface area contributed by atoms with E-state index >= 15 is 0 Å². The molecule has 3 aromatic heterocycles. The number of nitrogens with one attached hydrogen (secondary N) is 1. The summed E-state index contributed by atoms with van der Waals surface area (Å²) >= 11 is 0. The highest BCUT2D eigenvalue weighted by atomic mass is 19.4. The topological polar surface area (TPSA) is 123 Å². The molecule has 0 aliphatic rings. The number of rotatable bonds is 4. The maximum absolute atomic E-state index is 12.6. The molecule has 12 heteroatoms. The normalized spacial score (nSPS) is 11.4. The van der Waals surface area contributed by atoms with Crippen molar-refractivity contribution in [3.8, 4) is 0 Å². The summed E-state index contributed by atoms with van der Waals surface area (Å²) in [5.41, 5.74) is 3.84. The predicted molar refractivity (Wildman–Crippen MR) is 117 cm³/mol. The SMILES string of the molecule is Cc1nc2nnc3ccc(C(=O)NCc4ccncc4)cc3c2n1C(C)C.O=C(O)C(F)(F)F. The number of fused-ring (bicyclic) bond motifs is 3. The molecule has 0 fully saturated rings. The number of hydrogen-bond donors (Lipinski definition) is 2. The van der Waals surface area contributed by atoms with Crippen molar-refractivity contribution in [2.45, 2.75) is 39.5 Å². The summed E-state index contributed by atoms with van der Waals surface area (Å²) in [6.45, 7) is 6.61. The van der Waals surface area contributed by atoms with Crippen molar-refractivity contribution in [2.75, 3.05) is 0 Å². The Hall–Kier alpha value is -4.09. The molecule has 0 aliphatic carbocycles. The molecule has 0 saturated heterocycles. The molecule has 4 rings (SSSR count). The summed E-state index contributed by atoms with van der Waals surface area (Å²) in [5, 5.41) is 19.4. The van der Waals surface area contributed by atoms with E-state index in [1.54, 1.807) is 18.5 Å². The number of nitrogens with zero attached hydrogens (tertiary/aromatic N) is 5. The zero-order valence-electron chi connectivity index (χ0n) is 18.5. The van der Waals surface area contributed by atoms with Crippen molar-refractivity contribution in [3.05, 3.63) is 59.7 Å². The smallest absolute Gasteiger partial charge is 0.475 e. The molecule has 0 spiro atoms. The van der Waals surface area contributed by atoms with Gasteiger partial charge in [0.25, 0.3) is 5.91 Å². The number of carbonyl (C=O) groups is 2. The van der Waals surface area contributed by atoms with Crippen LogP contribution in [0.25, 0.3) is 22.1 Å². The minimum Gasteiger partial charge on any atom is -0.475 e. The van der Waals surface area contributed by atoms with Gasteiger partial charge in [0.2, 0.25) is 5.65 Å². The first-order chi connectivity index (χ1) is 16.0. The third-order valence-electron chi connectivity index (χ3n) is 4.80. The molecular formula is C22H21F3N6O3. The summed E-state index contributed by atoms with van der Waals surface area (Å²) in [6.07, 6.45) is -1.66. The van der Waals surface area contributed by atoms with Gasteiger partial charge in [-0.25, -0.2) is 9.78 Å². The highest BCUT2D eigenvalue weighted by Gasteiger charge is 2.38. The van der Waals surface area contributed by atoms with Crippen LogP contribution in [0.4, 0.5) is 13.2 Å². The first-order valence-electron chi connectivity index (χ1n) is 10.1. The number of carboxylic acid groups (broad SMARTS) is 1. The average molecular weight is 474 g/mol. The first kappa shape index (κ1) is 24.6.